The van der Waals surface area contributed by atoms with E-state index in [1.165, 1.54) is 0 Å². The van der Waals surface area contributed by atoms with E-state index in [9.17, 15) is 14.4 Å². The number of hydrogen-bond donors (Lipinski definition) is 3. The number of fused-ring (bicyclic) bond motifs is 4. The fourth-order valence-electron chi connectivity index (χ4n) is 4.47. The maximum absolute atomic E-state index is 13.0. The maximum atomic E-state index is 13.0. The SMILES string of the molecule is COc1ccc2[nH]c3c(c2c1)CN(C(=O)CC[C@@H]1NC(=O)c2ccccc2NC1=O)CC3. The zero-order valence-electron chi connectivity index (χ0n) is 17.7. The van der Waals surface area contributed by atoms with Crippen LogP contribution in [-0.2, 0) is 22.6 Å². The number of carbonyl (C=O) groups is 3. The molecule has 8 heteroatoms. The Morgan fingerprint density at radius 1 is 1.19 bits per heavy atom. The van der Waals surface area contributed by atoms with Crippen LogP contribution in [0, 0.1) is 0 Å². The topological polar surface area (TPSA) is 104 Å². The van der Waals surface area contributed by atoms with E-state index >= 15 is 0 Å². The van der Waals surface area contributed by atoms with Crippen molar-refractivity contribution in [3.63, 3.8) is 0 Å². The largest absolute Gasteiger partial charge is 0.497 e. The van der Waals surface area contributed by atoms with Gasteiger partial charge in [0.05, 0.1) is 18.4 Å². The fourth-order valence-corrected chi connectivity index (χ4v) is 4.47. The van der Waals surface area contributed by atoms with E-state index in [-0.39, 0.29) is 30.6 Å². The van der Waals surface area contributed by atoms with Crippen molar-refractivity contribution in [2.45, 2.75) is 31.8 Å². The van der Waals surface area contributed by atoms with Crippen LogP contribution in [0.15, 0.2) is 42.5 Å². The van der Waals surface area contributed by atoms with Gasteiger partial charge in [0.2, 0.25) is 11.8 Å². The molecule has 0 radical (unpaired) electrons. The summed E-state index contributed by atoms with van der Waals surface area (Å²) in [6.07, 6.45) is 1.17. The lowest BCUT2D eigenvalue weighted by atomic mass is 10.0. The summed E-state index contributed by atoms with van der Waals surface area (Å²) in [6.45, 7) is 1.13. The minimum absolute atomic E-state index is 0.0308. The number of aromatic amines is 1. The first-order valence-electron chi connectivity index (χ1n) is 10.7. The zero-order valence-corrected chi connectivity index (χ0v) is 17.7. The van der Waals surface area contributed by atoms with Crippen molar-refractivity contribution < 1.29 is 19.1 Å². The van der Waals surface area contributed by atoms with Gasteiger partial charge in [-0.2, -0.15) is 0 Å². The van der Waals surface area contributed by atoms with E-state index in [4.69, 9.17) is 4.74 Å². The highest BCUT2D eigenvalue weighted by Gasteiger charge is 2.30. The number of ether oxygens (including phenoxy) is 1. The number of methoxy groups -OCH3 is 1. The lowest BCUT2D eigenvalue weighted by molar-refractivity contribution is -0.132. The predicted molar refractivity (Wildman–Crippen MR) is 120 cm³/mol. The molecule has 2 aliphatic rings. The number of hydrogen-bond acceptors (Lipinski definition) is 4. The maximum Gasteiger partial charge on any atom is 0.254 e. The van der Waals surface area contributed by atoms with Crippen LogP contribution in [0.25, 0.3) is 10.9 Å². The first-order chi connectivity index (χ1) is 15.5. The standard InChI is InChI=1S/C24H24N4O4/c1-32-14-6-7-19-16(12-14)17-13-28(11-10-20(17)25-19)22(29)9-8-21-24(31)26-18-5-3-2-4-15(18)23(30)27-21/h2-7,12,21,25H,8-11,13H2,1H3,(H,26,31)(H,27,30)/t21-/m0/s1. The van der Waals surface area contributed by atoms with Gasteiger partial charge in [-0.05, 0) is 36.8 Å². The second-order valence-electron chi connectivity index (χ2n) is 8.16. The summed E-state index contributed by atoms with van der Waals surface area (Å²) in [5.41, 5.74) is 4.19. The Morgan fingerprint density at radius 3 is 2.88 bits per heavy atom. The number of carbonyl (C=O) groups excluding carboxylic acids is 3. The molecular weight excluding hydrogens is 408 g/mol. The van der Waals surface area contributed by atoms with E-state index in [0.717, 1.165) is 34.3 Å². The number of aromatic nitrogens is 1. The van der Waals surface area contributed by atoms with Gasteiger partial charge >= 0.3 is 0 Å². The molecule has 3 aromatic rings. The third-order valence-corrected chi connectivity index (χ3v) is 6.23. The molecule has 3 N–H and O–H groups in total. The van der Waals surface area contributed by atoms with Crippen molar-refractivity contribution in [3.8, 4) is 5.75 Å². The van der Waals surface area contributed by atoms with Gasteiger partial charge in [-0.3, -0.25) is 14.4 Å². The molecule has 0 saturated carbocycles. The minimum Gasteiger partial charge on any atom is -0.497 e. The molecule has 0 bridgehead atoms. The Hall–Kier alpha value is -3.81. The van der Waals surface area contributed by atoms with Crippen molar-refractivity contribution in [2.75, 3.05) is 19.0 Å². The van der Waals surface area contributed by atoms with Crippen molar-refractivity contribution in [2.24, 2.45) is 0 Å². The molecule has 3 amide bonds. The number of H-pyrrole nitrogens is 1. The van der Waals surface area contributed by atoms with Crippen LogP contribution in [0.3, 0.4) is 0 Å². The number of para-hydroxylation sites is 1. The normalized spacial score (nSPS) is 17.8. The van der Waals surface area contributed by atoms with Gasteiger partial charge in [0.25, 0.3) is 5.91 Å². The molecule has 0 spiro atoms. The van der Waals surface area contributed by atoms with E-state index in [2.05, 4.69) is 15.6 Å². The van der Waals surface area contributed by atoms with Crippen molar-refractivity contribution in [1.82, 2.24) is 15.2 Å². The Labute approximate surface area is 184 Å². The molecule has 0 aliphatic carbocycles. The van der Waals surface area contributed by atoms with Gasteiger partial charge < -0.3 is 25.3 Å². The molecule has 2 aromatic carbocycles. The van der Waals surface area contributed by atoms with Gasteiger partial charge in [0.15, 0.2) is 0 Å². The number of rotatable bonds is 4. The molecule has 164 valence electrons. The van der Waals surface area contributed by atoms with Crippen LogP contribution in [0.1, 0.15) is 34.5 Å². The summed E-state index contributed by atoms with van der Waals surface area (Å²) in [6, 6.07) is 12.0. The quantitative estimate of drug-likeness (QED) is 0.590. The van der Waals surface area contributed by atoms with E-state index in [1.54, 1.807) is 31.4 Å². The highest BCUT2D eigenvalue weighted by atomic mass is 16.5. The summed E-state index contributed by atoms with van der Waals surface area (Å²) in [4.78, 5) is 43.3. The molecule has 32 heavy (non-hydrogen) atoms. The van der Waals surface area contributed by atoms with E-state index in [1.807, 2.05) is 23.1 Å². The highest BCUT2D eigenvalue weighted by Crippen LogP contribution is 2.31. The van der Waals surface area contributed by atoms with Gasteiger partial charge in [-0.1, -0.05) is 12.1 Å². The number of nitrogens with one attached hydrogen (secondary N) is 3. The van der Waals surface area contributed by atoms with Gasteiger partial charge in [0.1, 0.15) is 11.8 Å². The number of amides is 3. The average molecular weight is 432 g/mol. The summed E-state index contributed by atoms with van der Waals surface area (Å²) >= 11 is 0. The molecule has 5 rings (SSSR count). The number of nitrogens with zero attached hydrogens (tertiary/aromatic N) is 1. The van der Waals surface area contributed by atoms with Gasteiger partial charge in [0, 0.05) is 48.1 Å². The highest BCUT2D eigenvalue weighted by molar-refractivity contribution is 6.09. The van der Waals surface area contributed by atoms with Crippen LogP contribution >= 0.6 is 0 Å². The number of benzene rings is 2. The first-order valence-corrected chi connectivity index (χ1v) is 10.7. The summed E-state index contributed by atoms with van der Waals surface area (Å²) < 4.78 is 5.35. The zero-order chi connectivity index (χ0) is 22.2. The smallest absolute Gasteiger partial charge is 0.254 e. The third kappa shape index (κ3) is 3.57. The predicted octanol–water partition coefficient (Wildman–Crippen LogP) is 2.59. The Morgan fingerprint density at radius 2 is 2.03 bits per heavy atom. The lowest BCUT2D eigenvalue weighted by Crippen LogP contribution is -2.42. The summed E-state index contributed by atoms with van der Waals surface area (Å²) in [5, 5.41) is 6.59. The Bertz CT molecular complexity index is 1230. The molecule has 0 saturated heterocycles. The van der Waals surface area contributed by atoms with E-state index in [0.29, 0.717) is 24.3 Å². The lowest BCUT2D eigenvalue weighted by Gasteiger charge is -2.28. The molecule has 0 fully saturated rings. The van der Waals surface area contributed by atoms with Crippen LogP contribution < -0.4 is 15.4 Å². The third-order valence-electron chi connectivity index (χ3n) is 6.23. The van der Waals surface area contributed by atoms with Gasteiger partial charge in [-0.15, -0.1) is 0 Å². The molecule has 2 aliphatic heterocycles. The second kappa shape index (κ2) is 8.03. The van der Waals surface area contributed by atoms with Crippen LogP contribution in [0.5, 0.6) is 5.75 Å². The van der Waals surface area contributed by atoms with Crippen molar-refractivity contribution >= 4 is 34.3 Å². The molecule has 8 nitrogen and oxygen atoms in total. The molecule has 1 atom stereocenters. The fraction of sp³-hybridized carbons (Fsp3) is 0.292. The molecule has 1 aromatic heterocycles. The van der Waals surface area contributed by atoms with Crippen LogP contribution in [0.2, 0.25) is 0 Å². The molecular formula is C24H24N4O4. The minimum atomic E-state index is -0.753. The summed E-state index contributed by atoms with van der Waals surface area (Å²) in [5.74, 6) is 0.128. The van der Waals surface area contributed by atoms with E-state index < -0.39 is 6.04 Å². The van der Waals surface area contributed by atoms with Crippen molar-refractivity contribution in [3.05, 3.63) is 59.3 Å². The van der Waals surface area contributed by atoms with Crippen LogP contribution in [0.4, 0.5) is 5.69 Å². The molecule has 0 unspecified atom stereocenters. The Balaban J connectivity index is 1.26. The van der Waals surface area contributed by atoms with Crippen molar-refractivity contribution in [1.29, 1.82) is 0 Å². The summed E-state index contributed by atoms with van der Waals surface area (Å²) in [7, 11) is 1.64. The Kier molecular flexibility index (Phi) is 5.05. The monoisotopic (exact) mass is 432 g/mol. The van der Waals surface area contributed by atoms with Gasteiger partial charge in [-0.25, -0.2) is 0 Å². The van der Waals surface area contributed by atoms with Crippen LogP contribution in [-0.4, -0.2) is 47.3 Å². The second-order valence-corrected chi connectivity index (χ2v) is 8.16. The number of anilines is 1. The molecule has 3 heterocycles. The average Bonchev–Trinajstić information content (AvgIpc) is 3.12. The first kappa shape index (κ1) is 20.1.